The van der Waals surface area contributed by atoms with Crippen LogP contribution < -0.4 is 16.2 Å². The first-order chi connectivity index (χ1) is 9.47. The number of hydrogen-bond acceptors (Lipinski definition) is 3. The van der Waals surface area contributed by atoms with Crippen LogP contribution in [0.3, 0.4) is 0 Å². The Kier molecular flexibility index (Phi) is 4.02. The highest BCUT2D eigenvalue weighted by molar-refractivity contribution is 6.05. The molecule has 1 aromatic rings. The Hall–Kier alpha value is -2.37. The minimum Gasteiger partial charge on any atom is -0.326 e. The molecule has 1 fully saturated rings. The lowest BCUT2D eigenvalue weighted by Crippen LogP contribution is -2.28. The van der Waals surface area contributed by atoms with Gasteiger partial charge in [0.2, 0.25) is 5.91 Å². The molecule has 6 nitrogen and oxygen atoms in total. The molecule has 1 saturated heterocycles. The Labute approximate surface area is 116 Å². The fourth-order valence-corrected chi connectivity index (χ4v) is 2.12. The first kappa shape index (κ1) is 14.0. The first-order valence-electron chi connectivity index (χ1n) is 6.44. The fraction of sp³-hybridized carbons (Fsp3) is 0.357. The normalized spacial score (nSPS) is 14.9. The number of benzene rings is 1. The summed E-state index contributed by atoms with van der Waals surface area (Å²) in [4.78, 5) is 34.5. The highest BCUT2D eigenvalue weighted by Crippen LogP contribution is 2.17. The number of carbonyl (C=O) groups excluding carboxylic acids is 3. The number of carbonyl (C=O) groups is 3. The molecule has 1 aromatic carbocycles. The van der Waals surface area contributed by atoms with Gasteiger partial charge in [-0.2, -0.15) is 0 Å². The number of nitrogens with one attached hydrogen (secondary N) is 3. The van der Waals surface area contributed by atoms with Crippen molar-refractivity contribution in [2.24, 2.45) is 5.92 Å². The van der Waals surface area contributed by atoms with E-state index < -0.39 is 5.92 Å². The fourth-order valence-electron chi connectivity index (χ4n) is 2.12. The number of hydrogen-bond donors (Lipinski definition) is 3. The molecule has 1 aliphatic heterocycles. The highest BCUT2D eigenvalue weighted by atomic mass is 16.2. The number of hydrazine groups is 1. The highest BCUT2D eigenvalue weighted by Gasteiger charge is 2.32. The standard InChI is InChI=1S/C14H17N3O3/c1-8-3-5-11(9(2)7-8)15-12(18)6-4-10-13(19)16-17-14(10)20/h3,5,7,10H,4,6H2,1-2H3,(H,15,18)(H,16,19)(H,17,20). The van der Waals surface area contributed by atoms with E-state index in [2.05, 4.69) is 16.2 Å². The molecule has 0 radical (unpaired) electrons. The maximum atomic E-state index is 11.8. The van der Waals surface area contributed by atoms with Crippen LogP contribution in [0.2, 0.25) is 0 Å². The summed E-state index contributed by atoms with van der Waals surface area (Å²) in [6.45, 7) is 3.90. The summed E-state index contributed by atoms with van der Waals surface area (Å²) in [5.41, 5.74) is 7.33. The van der Waals surface area contributed by atoms with Crippen molar-refractivity contribution in [2.75, 3.05) is 5.32 Å². The third-order valence-electron chi connectivity index (χ3n) is 3.26. The van der Waals surface area contributed by atoms with Gasteiger partial charge in [-0.05, 0) is 31.9 Å². The van der Waals surface area contributed by atoms with Crippen molar-refractivity contribution in [2.45, 2.75) is 26.7 Å². The molecule has 3 N–H and O–H groups in total. The lowest BCUT2D eigenvalue weighted by molar-refractivity contribution is -0.128. The second-order valence-corrected chi connectivity index (χ2v) is 4.94. The molecule has 0 saturated carbocycles. The number of amides is 3. The van der Waals surface area contributed by atoms with Crippen LogP contribution in [0.4, 0.5) is 5.69 Å². The topological polar surface area (TPSA) is 87.3 Å². The van der Waals surface area contributed by atoms with Crippen LogP contribution in [-0.4, -0.2) is 17.7 Å². The molecule has 106 valence electrons. The molecule has 3 amide bonds. The monoisotopic (exact) mass is 275 g/mol. The lowest BCUT2D eigenvalue weighted by atomic mass is 10.0. The van der Waals surface area contributed by atoms with E-state index in [1.165, 1.54) is 0 Å². The van der Waals surface area contributed by atoms with Crippen LogP contribution in [0.25, 0.3) is 0 Å². The molecule has 1 aliphatic rings. The molecular formula is C14H17N3O3. The SMILES string of the molecule is Cc1ccc(NC(=O)CCC2C(=O)NNC2=O)c(C)c1. The summed E-state index contributed by atoms with van der Waals surface area (Å²) in [6.07, 6.45) is 0.327. The van der Waals surface area contributed by atoms with Crippen molar-refractivity contribution >= 4 is 23.4 Å². The smallest absolute Gasteiger partial charge is 0.251 e. The van der Waals surface area contributed by atoms with Gasteiger partial charge >= 0.3 is 0 Å². The summed E-state index contributed by atoms with van der Waals surface area (Å²) in [5, 5.41) is 2.79. The maximum absolute atomic E-state index is 11.8. The molecule has 0 bridgehead atoms. The van der Waals surface area contributed by atoms with Gasteiger partial charge in [-0.25, -0.2) is 0 Å². The van der Waals surface area contributed by atoms with Crippen LogP contribution in [0.15, 0.2) is 18.2 Å². The van der Waals surface area contributed by atoms with E-state index in [0.717, 1.165) is 16.8 Å². The molecule has 0 unspecified atom stereocenters. The number of aryl methyl sites for hydroxylation is 2. The van der Waals surface area contributed by atoms with Gasteiger partial charge in [0.1, 0.15) is 5.92 Å². The predicted octanol–water partition coefficient (Wildman–Crippen LogP) is 0.799. The predicted molar refractivity (Wildman–Crippen MR) is 73.6 cm³/mol. The van der Waals surface area contributed by atoms with E-state index in [1.807, 2.05) is 32.0 Å². The number of rotatable bonds is 4. The van der Waals surface area contributed by atoms with Gasteiger partial charge in [0.25, 0.3) is 11.8 Å². The van der Waals surface area contributed by atoms with Gasteiger partial charge in [0.15, 0.2) is 0 Å². The van der Waals surface area contributed by atoms with Gasteiger partial charge in [-0.3, -0.25) is 25.2 Å². The first-order valence-corrected chi connectivity index (χ1v) is 6.44. The van der Waals surface area contributed by atoms with Crippen LogP contribution in [0.5, 0.6) is 0 Å². The lowest BCUT2D eigenvalue weighted by Gasteiger charge is -2.09. The van der Waals surface area contributed by atoms with Crippen LogP contribution in [-0.2, 0) is 14.4 Å². The Morgan fingerprint density at radius 1 is 1.20 bits per heavy atom. The van der Waals surface area contributed by atoms with Crippen molar-refractivity contribution in [1.29, 1.82) is 0 Å². The van der Waals surface area contributed by atoms with Crippen LogP contribution >= 0.6 is 0 Å². The van der Waals surface area contributed by atoms with E-state index in [4.69, 9.17) is 0 Å². The van der Waals surface area contributed by atoms with E-state index in [0.29, 0.717) is 0 Å². The van der Waals surface area contributed by atoms with Crippen molar-refractivity contribution in [1.82, 2.24) is 10.9 Å². The van der Waals surface area contributed by atoms with E-state index in [9.17, 15) is 14.4 Å². The van der Waals surface area contributed by atoms with Gasteiger partial charge < -0.3 is 5.32 Å². The minimum absolute atomic E-state index is 0.124. The zero-order valence-corrected chi connectivity index (χ0v) is 11.4. The second-order valence-electron chi connectivity index (χ2n) is 4.94. The zero-order chi connectivity index (χ0) is 14.7. The maximum Gasteiger partial charge on any atom is 0.251 e. The summed E-state index contributed by atoms with van der Waals surface area (Å²) in [7, 11) is 0. The van der Waals surface area contributed by atoms with Gasteiger partial charge in [0.05, 0.1) is 0 Å². The van der Waals surface area contributed by atoms with Crippen molar-refractivity contribution in [3.63, 3.8) is 0 Å². The molecular weight excluding hydrogens is 258 g/mol. The molecule has 0 spiro atoms. The van der Waals surface area contributed by atoms with E-state index >= 15 is 0 Å². The van der Waals surface area contributed by atoms with Crippen LogP contribution in [0, 0.1) is 19.8 Å². The Bertz CT molecular complexity index is 553. The molecule has 6 heteroatoms. The van der Waals surface area contributed by atoms with E-state index in [-0.39, 0.29) is 30.6 Å². The Balaban J connectivity index is 1.89. The third-order valence-corrected chi connectivity index (χ3v) is 3.26. The van der Waals surface area contributed by atoms with Crippen molar-refractivity contribution in [3.8, 4) is 0 Å². The van der Waals surface area contributed by atoms with Crippen LogP contribution in [0.1, 0.15) is 24.0 Å². The van der Waals surface area contributed by atoms with Crippen molar-refractivity contribution < 1.29 is 14.4 Å². The molecule has 1 heterocycles. The van der Waals surface area contributed by atoms with Gasteiger partial charge in [-0.15, -0.1) is 0 Å². The quantitative estimate of drug-likeness (QED) is 0.710. The third kappa shape index (κ3) is 3.14. The molecule has 20 heavy (non-hydrogen) atoms. The average Bonchev–Trinajstić information content (AvgIpc) is 2.70. The summed E-state index contributed by atoms with van der Waals surface area (Å²) < 4.78 is 0. The largest absolute Gasteiger partial charge is 0.326 e. The summed E-state index contributed by atoms with van der Waals surface area (Å²) in [5.74, 6) is -1.74. The molecule has 0 atom stereocenters. The minimum atomic E-state index is -0.778. The van der Waals surface area contributed by atoms with Gasteiger partial charge in [0, 0.05) is 12.1 Å². The zero-order valence-electron chi connectivity index (χ0n) is 11.4. The molecule has 0 aliphatic carbocycles. The summed E-state index contributed by atoms with van der Waals surface area (Å²) in [6, 6.07) is 5.74. The average molecular weight is 275 g/mol. The molecule has 2 rings (SSSR count). The van der Waals surface area contributed by atoms with Crippen molar-refractivity contribution in [3.05, 3.63) is 29.3 Å². The van der Waals surface area contributed by atoms with Gasteiger partial charge in [-0.1, -0.05) is 17.7 Å². The van der Waals surface area contributed by atoms with E-state index in [1.54, 1.807) is 0 Å². The molecule has 0 aromatic heterocycles. The number of anilines is 1. The summed E-state index contributed by atoms with van der Waals surface area (Å²) >= 11 is 0. The Morgan fingerprint density at radius 3 is 2.45 bits per heavy atom. The Morgan fingerprint density at radius 2 is 1.85 bits per heavy atom. The second kappa shape index (κ2) is 5.73.